The molecule has 0 atom stereocenters. The molecule has 13 heavy (non-hydrogen) atoms. The third-order valence-corrected chi connectivity index (χ3v) is 1.41. The van der Waals surface area contributed by atoms with Gasteiger partial charge in [0.2, 0.25) is 6.20 Å². The van der Waals surface area contributed by atoms with E-state index in [1.165, 1.54) is 6.08 Å². The highest BCUT2D eigenvalue weighted by Crippen LogP contribution is 2.00. The van der Waals surface area contributed by atoms with Gasteiger partial charge in [-0.3, -0.25) is 10.1 Å². The lowest BCUT2D eigenvalue weighted by Crippen LogP contribution is -1.80. The Morgan fingerprint density at radius 1 is 1.15 bits per heavy atom. The number of nitro groups is 1. The maximum Gasteiger partial charge on any atom is 0.234 e. The lowest BCUT2D eigenvalue weighted by molar-refractivity contribution is -0.402. The van der Waals surface area contributed by atoms with E-state index >= 15 is 0 Å². The molecule has 0 fully saturated rings. The van der Waals surface area contributed by atoms with Crippen molar-refractivity contribution in [1.29, 1.82) is 0 Å². The first kappa shape index (κ1) is 9.19. The van der Waals surface area contributed by atoms with E-state index < -0.39 is 4.92 Å². The molecule has 1 aromatic rings. The fraction of sp³-hybridized carbons (Fsp3) is 0. The summed E-state index contributed by atoms with van der Waals surface area (Å²) in [7, 11) is 0. The summed E-state index contributed by atoms with van der Waals surface area (Å²) in [6, 6.07) is 9.60. The fourth-order valence-electron chi connectivity index (χ4n) is 0.851. The molecule has 0 spiro atoms. The van der Waals surface area contributed by atoms with Crippen molar-refractivity contribution in [1.82, 2.24) is 0 Å². The van der Waals surface area contributed by atoms with Crippen LogP contribution in [0.4, 0.5) is 0 Å². The molecule has 0 amide bonds. The minimum atomic E-state index is -0.491. The molecule has 0 unspecified atom stereocenters. The highest BCUT2D eigenvalue weighted by atomic mass is 16.6. The highest BCUT2D eigenvalue weighted by Gasteiger charge is 1.82. The number of allylic oxidation sites excluding steroid dienone is 2. The van der Waals surface area contributed by atoms with E-state index in [2.05, 4.69) is 0 Å². The number of hydrogen-bond acceptors (Lipinski definition) is 2. The Hall–Kier alpha value is -1.90. The van der Waals surface area contributed by atoms with E-state index in [4.69, 9.17) is 0 Å². The predicted molar refractivity (Wildman–Crippen MR) is 51.6 cm³/mol. The van der Waals surface area contributed by atoms with Crippen LogP contribution in [0.15, 0.2) is 48.7 Å². The van der Waals surface area contributed by atoms with Crippen molar-refractivity contribution < 1.29 is 4.92 Å². The lowest BCUT2D eigenvalue weighted by atomic mass is 10.2. The monoisotopic (exact) mass is 175 g/mol. The first-order valence-corrected chi connectivity index (χ1v) is 3.82. The quantitative estimate of drug-likeness (QED) is 0.402. The average molecular weight is 175 g/mol. The van der Waals surface area contributed by atoms with E-state index in [1.807, 2.05) is 30.3 Å². The Balaban J connectivity index is 2.55. The molecule has 66 valence electrons. The zero-order valence-corrected chi connectivity index (χ0v) is 6.96. The summed E-state index contributed by atoms with van der Waals surface area (Å²) in [6.07, 6.45) is 5.74. The molecular weight excluding hydrogens is 166 g/mol. The van der Waals surface area contributed by atoms with Crippen LogP contribution in [-0.4, -0.2) is 4.92 Å². The van der Waals surface area contributed by atoms with Gasteiger partial charge in [0.1, 0.15) is 0 Å². The summed E-state index contributed by atoms with van der Waals surface area (Å²) >= 11 is 0. The Kier molecular flexibility index (Phi) is 3.45. The normalized spacial score (nSPS) is 11.1. The van der Waals surface area contributed by atoms with Crippen molar-refractivity contribution in [2.45, 2.75) is 0 Å². The van der Waals surface area contributed by atoms with Crippen LogP contribution >= 0.6 is 0 Å². The fourth-order valence-corrected chi connectivity index (χ4v) is 0.851. The second-order valence-electron chi connectivity index (χ2n) is 2.40. The minimum absolute atomic E-state index is 0.491. The summed E-state index contributed by atoms with van der Waals surface area (Å²) in [6.45, 7) is 0. The smallest absolute Gasteiger partial charge is 0.234 e. The Morgan fingerprint density at radius 3 is 2.46 bits per heavy atom. The van der Waals surface area contributed by atoms with Gasteiger partial charge in [0.25, 0.3) is 0 Å². The van der Waals surface area contributed by atoms with E-state index in [1.54, 1.807) is 12.2 Å². The van der Waals surface area contributed by atoms with E-state index in [0.29, 0.717) is 0 Å². The predicted octanol–water partition coefficient (Wildman–Crippen LogP) is 2.49. The molecule has 0 heterocycles. The van der Waals surface area contributed by atoms with Gasteiger partial charge in [0, 0.05) is 6.08 Å². The van der Waals surface area contributed by atoms with Gasteiger partial charge >= 0.3 is 0 Å². The number of rotatable bonds is 3. The van der Waals surface area contributed by atoms with Gasteiger partial charge in [0.15, 0.2) is 0 Å². The van der Waals surface area contributed by atoms with Crippen molar-refractivity contribution in [2.24, 2.45) is 0 Å². The van der Waals surface area contributed by atoms with Gasteiger partial charge in [0.05, 0.1) is 4.92 Å². The van der Waals surface area contributed by atoms with E-state index in [0.717, 1.165) is 11.8 Å². The van der Waals surface area contributed by atoms with Crippen LogP contribution in [-0.2, 0) is 0 Å². The van der Waals surface area contributed by atoms with Crippen molar-refractivity contribution >= 4 is 6.08 Å². The summed E-state index contributed by atoms with van der Waals surface area (Å²) in [5.41, 5.74) is 1.02. The van der Waals surface area contributed by atoms with Crippen molar-refractivity contribution in [3.05, 3.63) is 64.4 Å². The molecule has 0 radical (unpaired) electrons. The van der Waals surface area contributed by atoms with Crippen LogP contribution in [0.3, 0.4) is 0 Å². The number of hydrogen-bond donors (Lipinski definition) is 0. The molecule has 1 aromatic carbocycles. The van der Waals surface area contributed by atoms with Crippen molar-refractivity contribution in [3.63, 3.8) is 0 Å². The largest absolute Gasteiger partial charge is 0.259 e. The Labute approximate surface area is 76.2 Å². The molecule has 1 rings (SSSR count). The third kappa shape index (κ3) is 3.86. The van der Waals surface area contributed by atoms with Gasteiger partial charge in [-0.15, -0.1) is 0 Å². The second kappa shape index (κ2) is 4.87. The number of nitrogens with zero attached hydrogens (tertiary/aromatic N) is 1. The molecule has 0 aliphatic rings. The van der Waals surface area contributed by atoms with Gasteiger partial charge in [-0.25, -0.2) is 0 Å². The van der Waals surface area contributed by atoms with Crippen LogP contribution in [0.1, 0.15) is 5.56 Å². The maximum atomic E-state index is 9.90. The third-order valence-electron chi connectivity index (χ3n) is 1.41. The Bertz CT molecular complexity index is 328. The summed E-state index contributed by atoms with van der Waals surface area (Å²) in [5.74, 6) is 0. The molecule has 0 aromatic heterocycles. The second-order valence-corrected chi connectivity index (χ2v) is 2.40. The molecule has 0 saturated carbocycles. The van der Waals surface area contributed by atoms with Crippen LogP contribution in [0.25, 0.3) is 6.08 Å². The maximum absolute atomic E-state index is 9.90. The first-order valence-electron chi connectivity index (χ1n) is 3.82. The summed E-state index contributed by atoms with van der Waals surface area (Å²) < 4.78 is 0. The zero-order valence-electron chi connectivity index (χ0n) is 6.96. The molecule has 0 saturated heterocycles. The highest BCUT2D eigenvalue weighted by molar-refractivity contribution is 5.50. The standard InChI is InChI=1S/C10H9NO2/c12-11(13)9-5-4-8-10-6-2-1-3-7-10/h1-9H. The van der Waals surface area contributed by atoms with Gasteiger partial charge in [-0.1, -0.05) is 42.5 Å². The number of benzene rings is 1. The minimum Gasteiger partial charge on any atom is -0.259 e. The van der Waals surface area contributed by atoms with Gasteiger partial charge in [-0.2, -0.15) is 0 Å². The molecule has 0 bridgehead atoms. The summed E-state index contributed by atoms with van der Waals surface area (Å²) in [4.78, 5) is 9.40. The van der Waals surface area contributed by atoms with Crippen LogP contribution < -0.4 is 0 Å². The zero-order chi connectivity index (χ0) is 9.52. The van der Waals surface area contributed by atoms with Crippen LogP contribution in [0.2, 0.25) is 0 Å². The molecule has 0 aliphatic carbocycles. The Morgan fingerprint density at radius 2 is 1.85 bits per heavy atom. The van der Waals surface area contributed by atoms with Gasteiger partial charge in [-0.05, 0) is 5.56 Å². The SMILES string of the molecule is O=[N+]([O-])C=CC=Cc1ccccc1. The van der Waals surface area contributed by atoms with Crippen LogP contribution in [0.5, 0.6) is 0 Å². The van der Waals surface area contributed by atoms with E-state index in [9.17, 15) is 10.1 Å². The van der Waals surface area contributed by atoms with Crippen molar-refractivity contribution in [3.8, 4) is 0 Å². The van der Waals surface area contributed by atoms with E-state index in [-0.39, 0.29) is 0 Å². The summed E-state index contributed by atoms with van der Waals surface area (Å²) in [5, 5.41) is 9.90. The molecule has 3 heteroatoms. The molecule has 3 nitrogen and oxygen atoms in total. The average Bonchev–Trinajstić information content (AvgIpc) is 2.14. The van der Waals surface area contributed by atoms with Crippen molar-refractivity contribution in [2.75, 3.05) is 0 Å². The molecular formula is C10H9NO2. The first-order chi connectivity index (χ1) is 6.29. The molecule has 0 N–H and O–H groups in total. The van der Waals surface area contributed by atoms with Crippen LogP contribution in [0, 0.1) is 10.1 Å². The van der Waals surface area contributed by atoms with Gasteiger partial charge < -0.3 is 0 Å². The molecule has 0 aliphatic heterocycles. The topological polar surface area (TPSA) is 43.1 Å². The lowest BCUT2D eigenvalue weighted by Gasteiger charge is -1.87.